The second-order valence-corrected chi connectivity index (χ2v) is 8.12. The van der Waals surface area contributed by atoms with Gasteiger partial charge in [0.15, 0.2) is 11.6 Å². The maximum absolute atomic E-state index is 15.0. The molecular weight excluding hydrogens is 460 g/mol. The number of pyridine rings is 2. The van der Waals surface area contributed by atoms with E-state index in [2.05, 4.69) is 15.0 Å². The van der Waals surface area contributed by atoms with Crippen molar-refractivity contribution in [3.8, 4) is 0 Å². The smallest absolute Gasteiger partial charge is 0.341 e. The fraction of sp³-hybridized carbons (Fsp3) is 0.333. The van der Waals surface area contributed by atoms with Crippen LogP contribution in [-0.4, -0.2) is 71.1 Å². The molecule has 0 unspecified atom stereocenters. The number of hydrogen-bond donors (Lipinski definition) is 1. The summed E-state index contributed by atoms with van der Waals surface area (Å²) in [5.41, 5.74) is 0.461. The zero-order valence-electron chi connectivity index (χ0n) is 19.4. The van der Waals surface area contributed by atoms with Gasteiger partial charge in [0, 0.05) is 51.0 Å². The van der Waals surface area contributed by atoms with Crippen LogP contribution in [0.2, 0.25) is 0 Å². The number of oxime groups is 1. The van der Waals surface area contributed by atoms with Gasteiger partial charge in [0.1, 0.15) is 29.8 Å². The van der Waals surface area contributed by atoms with Crippen LogP contribution in [0.25, 0.3) is 11.0 Å². The first kappa shape index (κ1) is 24.3. The Kier molecular flexibility index (Phi) is 7.06. The quantitative estimate of drug-likeness (QED) is 0.406. The van der Waals surface area contributed by atoms with Crippen molar-refractivity contribution in [2.24, 2.45) is 5.16 Å². The summed E-state index contributed by atoms with van der Waals surface area (Å²) < 4.78 is 29.9. The first-order valence-corrected chi connectivity index (χ1v) is 11.1. The van der Waals surface area contributed by atoms with Gasteiger partial charge in [-0.25, -0.2) is 18.6 Å². The highest BCUT2D eigenvalue weighted by Crippen LogP contribution is 2.23. The van der Waals surface area contributed by atoms with E-state index in [0.717, 1.165) is 11.6 Å². The standard InChI is InChI=1S/C24H25F2N5O4/c1-3-30-13-18(24(33)34)21(32)17-12-19(26)23(27-22(17)30)31-10-8-29(9-11-31)14-20(28-35-2)15-4-6-16(25)7-5-15/h4-7,12-13H,3,8-11,14H2,1-2H3,(H,33,34)/b28-20+. The number of piperazine rings is 1. The highest BCUT2D eigenvalue weighted by Gasteiger charge is 2.24. The number of aromatic carboxylic acids is 1. The highest BCUT2D eigenvalue weighted by molar-refractivity contribution is 6.01. The molecule has 3 aromatic rings. The van der Waals surface area contributed by atoms with Crippen molar-refractivity contribution in [3.63, 3.8) is 0 Å². The van der Waals surface area contributed by atoms with Crippen LogP contribution in [0.1, 0.15) is 22.8 Å². The van der Waals surface area contributed by atoms with Gasteiger partial charge in [-0.3, -0.25) is 9.69 Å². The number of carbonyl (C=O) groups is 1. The molecule has 1 N–H and O–H groups in total. The number of carboxylic acid groups (broad SMARTS) is 1. The van der Waals surface area contributed by atoms with Crippen LogP contribution in [-0.2, 0) is 11.4 Å². The molecule has 1 fully saturated rings. The third-order valence-corrected chi connectivity index (χ3v) is 5.98. The first-order chi connectivity index (χ1) is 16.8. The average molecular weight is 485 g/mol. The Balaban J connectivity index is 1.55. The van der Waals surface area contributed by atoms with Gasteiger partial charge in [-0.2, -0.15) is 0 Å². The minimum Gasteiger partial charge on any atom is -0.477 e. The Hall–Kier alpha value is -3.86. The zero-order chi connectivity index (χ0) is 25.1. The van der Waals surface area contributed by atoms with Crippen LogP contribution in [0.4, 0.5) is 14.6 Å². The van der Waals surface area contributed by atoms with E-state index in [1.807, 2.05) is 0 Å². The summed E-state index contributed by atoms with van der Waals surface area (Å²) in [4.78, 5) is 37.3. The molecule has 0 amide bonds. The molecule has 35 heavy (non-hydrogen) atoms. The largest absolute Gasteiger partial charge is 0.477 e. The topological polar surface area (TPSA) is 100 Å². The van der Waals surface area contributed by atoms with Crippen molar-refractivity contribution in [2.45, 2.75) is 13.5 Å². The fourth-order valence-electron chi connectivity index (χ4n) is 4.15. The van der Waals surface area contributed by atoms with E-state index in [-0.39, 0.29) is 22.7 Å². The van der Waals surface area contributed by atoms with Gasteiger partial charge in [0.05, 0.1) is 5.39 Å². The van der Waals surface area contributed by atoms with Crippen molar-refractivity contribution in [2.75, 3.05) is 44.7 Å². The van der Waals surface area contributed by atoms with E-state index in [1.165, 1.54) is 30.0 Å². The van der Waals surface area contributed by atoms with E-state index in [1.54, 1.807) is 24.0 Å². The number of benzene rings is 1. The van der Waals surface area contributed by atoms with E-state index >= 15 is 4.39 Å². The number of nitrogens with zero attached hydrogens (tertiary/aromatic N) is 5. The summed E-state index contributed by atoms with van der Waals surface area (Å²) in [6.07, 6.45) is 1.24. The van der Waals surface area contributed by atoms with E-state index in [4.69, 9.17) is 4.84 Å². The second-order valence-electron chi connectivity index (χ2n) is 8.12. The number of hydrogen-bond acceptors (Lipinski definition) is 7. The van der Waals surface area contributed by atoms with Gasteiger partial charge in [0.2, 0.25) is 5.43 Å². The monoisotopic (exact) mass is 485 g/mol. The summed E-state index contributed by atoms with van der Waals surface area (Å²) in [6.45, 7) is 4.75. The lowest BCUT2D eigenvalue weighted by atomic mass is 10.1. The fourth-order valence-corrected chi connectivity index (χ4v) is 4.15. The van der Waals surface area contributed by atoms with Crippen LogP contribution in [0, 0.1) is 11.6 Å². The van der Waals surface area contributed by atoms with E-state index in [9.17, 15) is 19.1 Å². The summed E-state index contributed by atoms with van der Waals surface area (Å²) in [5.74, 6) is -2.26. The third-order valence-electron chi connectivity index (χ3n) is 5.98. The molecule has 2 aromatic heterocycles. The molecule has 11 heteroatoms. The normalized spacial score (nSPS) is 15.0. The van der Waals surface area contributed by atoms with E-state index in [0.29, 0.717) is 45.0 Å². The Morgan fingerprint density at radius 3 is 2.46 bits per heavy atom. The lowest BCUT2D eigenvalue weighted by Gasteiger charge is -2.35. The number of aryl methyl sites for hydroxylation is 1. The first-order valence-electron chi connectivity index (χ1n) is 11.1. The van der Waals surface area contributed by atoms with Gasteiger partial charge >= 0.3 is 5.97 Å². The lowest BCUT2D eigenvalue weighted by molar-refractivity contribution is 0.0695. The van der Waals surface area contributed by atoms with Gasteiger partial charge in [-0.05, 0) is 25.1 Å². The molecule has 0 radical (unpaired) electrons. The minimum absolute atomic E-state index is 0.0636. The molecule has 1 saturated heterocycles. The number of halogens is 2. The molecular formula is C24H25F2N5O4. The van der Waals surface area contributed by atoms with Crippen molar-refractivity contribution >= 4 is 28.5 Å². The lowest BCUT2D eigenvalue weighted by Crippen LogP contribution is -2.48. The Morgan fingerprint density at radius 1 is 1.17 bits per heavy atom. The summed E-state index contributed by atoms with van der Waals surface area (Å²) in [5, 5.41) is 13.3. The van der Waals surface area contributed by atoms with E-state index < -0.39 is 22.8 Å². The van der Waals surface area contributed by atoms with Crippen LogP contribution >= 0.6 is 0 Å². The SMILES string of the molecule is CCn1cc(C(=O)O)c(=O)c2cc(F)c(N3CCN(C/C(=N\OC)c4ccc(F)cc4)CC3)nc21. The molecule has 1 aliphatic rings. The molecule has 9 nitrogen and oxygen atoms in total. The number of carboxylic acids is 1. The number of rotatable bonds is 7. The van der Waals surface area contributed by atoms with Crippen molar-refractivity contribution in [1.82, 2.24) is 14.5 Å². The van der Waals surface area contributed by atoms with Crippen molar-refractivity contribution in [3.05, 3.63) is 69.5 Å². The number of anilines is 1. The van der Waals surface area contributed by atoms with Crippen LogP contribution in [0.5, 0.6) is 0 Å². The highest BCUT2D eigenvalue weighted by atomic mass is 19.1. The van der Waals surface area contributed by atoms with Gasteiger partial charge in [0.25, 0.3) is 0 Å². The minimum atomic E-state index is -1.36. The average Bonchev–Trinajstić information content (AvgIpc) is 2.85. The predicted molar refractivity (Wildman–Crippen MR) is 127 cm³/mol. The summed E-state index contributed by atoms with van der Waals surface area (Å²) in [7, 11) is 1.45. The molecule has 0 saturated carbocycles. The molecule has 0 bridgehead atoms. The third kappa shape index (κ3) is 4.99. The second kappa shape index (κ2) is 10.2. The molecule has 1 aromatic carbocycles. The molecule has 3 heterocycles. The zero-order valence-corrected chi connectivity index (χ0v) is 19.4. The van der Waals surface area contributed by atoms with Gasteiger partial charge < -0.3 is 19.4 Å². The Morgan fingerprint density at radius 2 is 1.86 bits per heavy atom. The molecule has 0 spiro atoms. The Labute approximate surface area is 199 Å². The van der Waals surface area contributed by atoms with Crippen LogP contribution in [0.3, 0.4) is 0 Å². The van der Waals surface area contributed by atoms with Gasteiger partial charge in [-0.1, -0.05) is 17.3 Å². The summed E-state index contributed by atoms with van der Waals surface area (Å²) in [6, 6.07) is 7.08. The molecule has 0 aliphatic carbocycles. The number of aromatic nitrogens is 2. The molecule has 1 aliphatic heterocycles. The maximum Gasteiger partial charge on any atom is 0.341 e. The van der Waals surface area contributed by atoms with Crippen LogP contribution < -0.4 is 10.3 Å². The summed E-state index contributed by atoms with van der Waals surface area (Å²) >= 11 is 0. The molecule has 4 rings (SSSR count). The number of fused-ring (bicyclic) bond motifs is 1. The predicted octanol–water partition coefficient (Wildman–Crippen LogP) is 2.57. The molecule has 0 atom stereocenters. The van der Waals surface area contributed by atoms with Crippen molar-refractivity contribution < 1.29 is 23.5 Å². The van der Waals surface area contributed by atoms with Crippen molar-refractivity contribution in [1.29, 1.82) is 0 Å². The molecule has 184 valence electrons. The van der Waals surface area contributed by atoms with Crippen LogP contribution in [0.15, 0.2) is 46.5 Å². The maximum atomic E-state index is 15.0. The Bertz CT molecular complexity index is 1330. The van der Waals surface area contributed by atoms with Gasteiger partial charge in [-0.15, -0.1) is 0 Å².